The second-order valence-electron chi connectivity index (χ2n) is 10.4. The van der Waals surface area contributed by atoms with Crippen LogP contribution in [0.2, 0.25) is 36.3 Å². The minimum Gasteiger partial charge on any atom is -0.465 e. The summed E-state index contributed by atoms with van der Waals surface area (Å²) in [6.45, 7) is 20.6. The predicted octanol–water partition coefficient (Wildman–Crippen LogP) is 6.26. The number of alkyl halides is 3. The summed E-state index contributed by atoms with van der Waals surface area (Å²) in [5, 5.41) is -0.141. The van der Waals surface area contributed by atoms with E-state index in [0.717, 1.165) is 7.11 Å². The highest BCUT2D eigenvalue weighted by Gasteiger charge is 2.53. The smallest absolute Gasteiger partial charge is 0.377 e. The number of ether oxygens (including phenoxy) is 1. The third-order valence-corrected chi connectivity index (χ3v) is 16.4. The summed E-state index contributed by atoms with van der Waals surface area (Å²) in [7, 11) is -3.36. The van der Waals surface area contributed by atoms with Gasteiger partial charge in [0, 0.05) is 17.1 Å². The van der Waals surface area contributed by atoms with Crippen LogP contribution < -0.4 is 0 Å². The Balaban J connectivity index is 5.54. The largest absolute Gasteiger partial charge is 0.465 e. The molecule has 2 unspecified atom stereocenters. The van der Waals surface area contributed by atoms with Crippen molar-refractivity contribution >= 4 is 45.2 Å². The molecule has 0 aromatic carbocycles. The average Bonchev–Trinajstić information content (AvgIpc) is 2.49. The Morgan fingerprint density at radius 3 is 1.57 bits per heavy atom. The quantitative estimate of drug-likeness (QED) is 0.147. The average molecular weight is 553 g/mol. The van der Waals surface area contributed by atoms with E-state index in [9.17, 15) is 13.6 Å². The van der Waals surface area contributed by atoms with Crippen LogP contribution in [0.15, 0.2) is 0 Å². The van der Waals surface area contributed by atoms with Crippen molar-refractivity contribution in [3.63, 3.8) is 0 Å². The van der Waals surface area contributed by atoms with E-state index in [2.05, 4.69) is 59.4 Å². The molecule has 2 atom stereocenters. The summed E-state index contributed by atoms with van der Waals surface area (Å²) in [6, 6.07) is 0. The highest BCUT2D eigenvalue weighted by Crippen LogP contribution is 2.41. The lowest BCUT2D eigenvalue weighted by Crippen LogP contribution is -2.51. The van der Waals surface area contributed by atoms with Crippen molar-refractivity contribution in [2.45, 2.75) is 87.7 Å². The molecular formula is C19H39F2IO4Si2. The number of esters is 1. The third kappa shape index (κ3) is 7.28. The lowest BCUT2D eigenvalue weighted by molar-refractivity contribution is -0.179. The van der Waals surface area contributed by atoms with Crippen LogP contribution in [0.1, 0.15) is 41.5 Å². The van der Waals surface area contributed by atoms with Gasteiger partial charge in [-0.2, -0.15) is 8.78 Å². The van der Waals surface area contributed by atoms with Crippen molar-refractivity contribution in [2.24, 2.45) is 5.92 Å². The molecule has 0 amide bonds. The second kappa shape index (κ2) is 9.70. The molecule has 28 heavy (non-hydrogen) atoms. The monoisotopic (exact) mass is 552 g/mol. The van der Waals surface area contributed by atoms with E-state index in [4.69, 9.17) is 8.85 Å². The highest BCUT2D eigenvalue weighted by atomic mass is 127. The Morgan fingerprint density at radius 2 is 1.25 bits per heavy atom. The normalized spacial score (nSPS) is 16.6. The Kier molecular flexibility index (Phi) is 9.84. The Morgan fingerprint density at radius 1 is 0.893 bits per heavy atom. The summed E-state index contributed by atoms with van der Waals surface area (Å²) in [6.07, 6.45) is 0. The summed E-state index contributed by atoms with van der Waals surface area (Å²) in [5.74, 6) is -6.48. The molecule has 0 aliphatic rings. The van der Waals surface area contributed by atoms with Crippen LogP contribution in [-0.2, 0) is 18.4 Å². The molecule has 0 saturated heterocycles. The summed E-state index contributed by atoms with van der Waals surface area (Å²) < 4.78 is 45.7. The molecule has 0 aliphatic heterocycles. The van der Waals surface area contributed by atoms with Crippen LogP contribution >= 0.6 is 22.6 Å². The van der Waals surface area contributed by atoms with Crippen LogP contribution in [0, 0.1) is 5.92 Å². The third-order valence-electron chi connectivity index (χ3n) is 6.20. The molecule has 0 saturated carbocycles. The first-order chi connectivity index (χ1) is 12.2. The predicted molar refractivity (Wildman–Crippen MR) is 125 cm³/mol. The minimum atomic E-state index is -3.64. The number of hydrogen-bond acceptors (Lipinski definition) is 4. The Bertz CT molecular complexity index is 529. The lowest BCUT2D eigenvalue weighted by atomic mass is 9.99. The van der Waals surface area contributed by atoms with Gasteiger partial charge in [-0.3, -0.25) is 0 Å². The molecule has 0 bridgehead atoms. The summed E-state index contributed by atoms with van der Waals surface area (Å²) >= 11 is 1.96. The van der Waals surface area contributed by atoms with Crippen LogP contribution in [0.25, 0.3) is 0 Å². The molecular weight excluding hydrogens is 513 g/mol. The van der Waals surface area contributed by atoms with Gasteiger partial charge >= 0.3 is 11.9 Å². The molecule has 168 valence electrons. The fraction of sp³-hybridized carbons (Fsp3) is 0.947. The number of methoxy groups -OCH3 is 1. The van der Waals surface area contributed by atoms with Crippen molar-refractivity contribution in [2.75, 3.05) is 20.3 Å². The maximum atomic E-state index is 14.9. The number of carbonyl (C=O) groups excluding carboxylic acids is 1. The zero-order chi connectivity index (χ0) is 22.8. The van der Waals surface area contributed by atoms with Crippen molar-refractivity contribution in [1.82, 2.24) is 0 Å². The zero-order valence-electron chi connectivity index (χ0n) is 19.3. The van der Waals surface area contributed by atoms with Crippen molar-refractivity contribution < 1.29 is 27.2 Å². The molecule has 0 radical (unpaired) electrons. The van der Waals surface area contributed by atoms with E-state index < -0.39 is 38.4 Å². The van der Waals surface area contributed by atoms with E-state index in [-0.39, 0.29) is 23.3 Å². The number of rotatable bonds is 9. The SMILES string of the molecule is COC(=O)C(F)(F)C(CO[Si](C)(C)C(C)(C)C)C(I)CO[Si](C)(C)C(C)(C)C. The van der Waals surface area contributed by atoms with Gasteiger partial charge in [0.2, 0.25) is 0 Å². The maximum Gasteiger partial charge on any atom is 0.377 e. The summed E-state index contributed by atoms with van der Waals surface area (Å²) in [5.41, 5.74) is 0. The minimum absolute atomic E-state index is 0.0264. The molecule has 0 heterocycles. The molecule has 0 spiro atoms. The first kappa shape index (κ1) is 28.4. The standard InChI is InChI=1S/C19H39F2IO4Si2/c1-17(2,3)27(8,9)25-12-14(19(20,21)16(23)24-7)15(22)13-26-28(10,11)18(4,5)6/h14-15H,12-13H2,1-11H3. The van der Waals surface area contributed by atoms with Gasteiger partial charge in [-0.1, -0.05) is 64.1 Å². The first-order valence-corrected chi connectivity index (χ1v) is 16.6. The van der Waals surface area contributed by atoms with Gasteiger partial charge in [0.05, 0.1) is 13.0 Å². The van der Waals surface area contributed by atoms with Crippen molar-refractivity contribution in [1.29, 1.82) is 0 Å². The number of hydrogen-bond donors (Lipinski definition) is 0. The van der Waals surface area contributed by atoms with Gasteiger partial charge in [-0.05, 0) is 36.3 Å². The van der Waals surface area contributed by atoms with Gasteiger partial charge in [0.25, 0.3) is 0 Å². The van der Waals surface area contributed by atoms with Crippen LogP contribution in [-0.4, -0.2) is 52.8 Å². The topological polar surface area (TPSA) is 44.8 Å². The number of carbonyl (C=O) groups is 1. The zero-order valence-corrected chi connectivity index (χ0v) is 23.5. The van der Waals surface area contributed by atoms with Crippen LogP contribution in [0.5, 0.6) is 0 Å². The Labute approximate surface area is 185 Å². The lowest BCUT2D eigenvalue weighted by Gasteiger charge is -2.40. The summed E-state index contributed by atoms with van der Waals surface area (Å²) in [4.78, 5) is 11.8. The molecule has 0 fully saturated rings. The molecule has 0 aliphatic carbocycles. The van der Waals surface area contributed by atoms with Gasteiger partial charge < -0.3 is 13.6 Å². The van der Waals surface area contributed by atoms with Gasteiger partial charge in [0.1, 0.15) is 0 Å². The molecule has 0 rings (SSSR count). The van der Waals surface area contributed by atoms with Gasteiger partial charge in [-0.25, -0.2) is 4.79 Å². The maximum absolute atomic E-state index is 14.9. The van der Waals surface area contributed by atoms with Gasteiger partial charge in [0.15, 0.2) is 16.6 Å². The van der Waals surface area contributed by atoms with Crippen LogP contribution in [0.3, 0.4) is 0 Å². The van der Waals surface area contributed by atoms with E-state index in [0.29, 0.717) is 0 Å². The molecule has 9 heteroatoms. The highest BCUT2D eigenvalue weighted by molar-refractivity contribution is 14.1. The molecule has 0 N–H and O–H groups in total. The van der Waals surface area contributed by atoms with E-state index in [1.807, 2.05) is 35.7 Å². The van der Waals surface area contributed by atoms with Crippen molar-refractivity contribution in [3.8, 4) is 0 Å². The molecule has 0 aromatic heterocycles. The number of halogens is 3. The first-order valence-electron chi connectivity index (χ1n) is 9.59. The molecule has 0 aromatic rings. The van der Waals surface area contributed by atoms with Gasteiger partial charge in [-0.15, -0.1) is 0 Å². The molecule has 4 nitrogen and oxygen atoms in total. The second-order valence-corrected chi connectivity index (χ2v) is 21.6. The fourth-order valence-electron chi connectivity index (χ4n) is 1.86. The van der Waals surface area contributed by atoms with E-state index >= 15 is 0 Å². The Hall–Kier alpha value is 0.414. The van der Waals surface area contributed by atoms with E-state index in [1.54, 1.807) is 0 Å². The van der Waals surface area contributed by atoms with E-state index in [1.165, 1.54) is 0 Å². The fourth-order valence-corrected chi connectivity index (χ4v) is 5.10. The van der Waals surface area contributed by atoms with Crippen molar-refractivity contribution in [3.05, 3.63) is 0 Å². The van der Waals surface area contributed by atoms with Crippen LogP contribution in [0.4, 0.5) is 8.78 Å².